The smallest absolute Gasteiger partial charge is 0.115 e. The Kier molecular flexibility index (Phi) is 5.57. The van der Waals surface area contributed by atoms with Gasteiger partial charge in [-0.05, 0) is 65.8 Å². The monoisotopic (exact) mass is 365 g/mol. The molecule has 0 radical (unpaired) electrons. The predicted octanol–water partition coefficient (Wildman–Crippen LogP) is 4.90. The van der Waals surface area contributed by atoms with Gasteiger partial charge in [0.2, 0.25) is 0 Å². The molecule has 0 fully saturated rings. The number of benzene rings is 2. The van der Waals surface area contributed by atoms with E-state index in [1.807, 2.05) is 30.5 Å². The average Bonchev–Trinajstić information content (AvgIpc) is 3.15. The number of aromatic hydroxyl groups is 2. The molecule has 2 atom stereocenters. The van der Waals surface area contributed by atoms with Gasteiger partial charge in [-0.3, -0.25) is 0 Å². The molecule has 4 heteroatoms. The Morgan fingerprint density at radius 1 is 0.889 bits per heavy atom. The van der Waals surface area contributed by atoms with Crippen LogP contribution in [-0.2, 0) is 6.42 Å². The lowest BCUT2D eigenvalue weighted by molar-refractivity contribution is 0.0742. The van der Waals surface area contributed by atoms with E-state index in [1.165, 1.54) is 0 Å². The molecule has 4 nitrogen and oxygen atoms in total. The SMILES string of the molecule is CC(C)(CCc1ccc(O)cc1)C(c1ccc[nH]1)C(O)c1ccc(O)cc1. The molecule has 2 aromatic carbocycles. The summed E-state index contributed by atoms with van der Waals surface area (Å²) in [4.78, 5) is 3.27. The number of aromatic amines is 1. The second kappa shape index (κ2) is 7.89. The van der Waals surface area contributed by atoms with E-state index in [0.717, 1.165) is 29.7 Å². The second-order valence-electron chi connectivity index (χ2n) is 7.79. The number of phenols is 2. The fourth-order valence-corrected chi connectivity index (χ4v) is 3.70. The van der Waals surface area contributed by atoms with E-state index in [0.29, 0.717) is 0 Å². The van der Waals surface area contributed by atoms with E-state index >= 15 is 0 Å². The van der Waals surface area contributed by atoms with E-state index in [2.05, 4.69) is 18.8 Å². The van der Waals surface area contributed by atoms with Crippen LogP contribution in [0.3, 0.4) is 0 Å². The molecule has 4 N–H and O–H groups in total. The van der Waals surface area contributed by atoms with Gasteiger partial charge in [0.25, 0.3) is 0 Å². The fraction of sp³-hybridized carbons (Fsp3) is 0.304. The molecule has 2 unspecified atom stereocenters. The van der Waals surface area contributed by atoms with Crippen LogP contribution >= 0.6 is 0 Å². The molecule has 0 aliphatic rings. The summed E-state index contributed by atoms with van der Waals surface area (Å²) in [5.41, 5.74) is 2.74. The van der Waals surface area contributed by atoms with Crippen molar-refractivity contribution in [1.29, 1.82) is 0 Å². The van der Waals surface area contributed by atoms with Gasteiger partial charge in [0.15, 0.2) is 0 Å². The summed E-state index contributed by atoms with van der Waals surface area (Å²) in [5.74, 6) is 0.327. The minimum absolute atomic E-state index is 0.130. The highest BCUT2D eigenvalue weighted by Gasteiger charge is 2.37. The number of H-pyrrole nitrogens is 1. The highest BCUT2D eigenvalue weighted by molar-refractivity contribution is 5.31. The molecule has 0 amide bonds. The summed E-state index contributed by atoms with van der Waals surface area (Å²) in [5, 5.41) is 30.2. The highest BCUT2D eigenvalue weighted by atomic mass is 16.3. The quantitative estimate of drug-likeness (QED) is 0.481. The molecule has 0 spiro atoms. The molecule has 27 heavy (non-hydrogen) atoms. The summed E-state index contributed by atoms with van der Waals surface area (Å²) in [6.45, 7) is 4.34. The van der Waals surface area contributed by atoms with Crippen molar-refractivity contribution in [3.63, 3.8) is 0 Å². The molecule has 0 bridgehead atoms. The first-order valence-corrected chi connectivity index (χ1v) is 9.25. The lowest BCUT2D eigenvalue weighted by Crippen LogP contribution is -2.29. The number of hydrogen-bond donors (Lipinski definition) is 4. The summed E-state index contributed by atoms with van der Waals surface area (Å²) in [6.07, 6.45) is 2.91. The maximum atomic E-state index is 11.2. The molecule has 3 aromatic rings. The fourth-order valence-electron chi connectivity index (χ4n) is 3.70. The van der Waals surface area contributed by atoms with Crippen molar-refractivity contribution in [2.24, 2.45) is 5.41 Å². The van der Waals surface area contributed by atoms with Crippen molar-refractivity contribution in [1.82, 2.24) is 4.98 Å². The van der Waals surface area contributed by atoms with Gasteiger partial charge in [-0.1, -0.05) is 38.1 Å². The molecule has 3 rings (SSSR count). The molecular formula is C23H27NO3. The van der Waals surface area contributed by atoms with Crippen molar-refractivity contribution >= 4 is 0 Å². The number of nitrogens with one attached hydrogen (secondary N) is 1. The largest absolute Gasteiger partial charge is 0.508 e. The van der Waals surface area contributed by atoms with Crippen LogP contribution < -0.4 is 0 Å². The van der Waals surface area contributed by atoms with Crippen LogP contribution in [0.5, 0.6) is 11.5 Å². The normalized spacial score (nSPS) is 14.0. The van der Waals surface area contributed by atoms with E-state index in [9.17, 15) is 15.3 Å². The topological polar surface area (TPSA) is 76.5 Å². The van der Waals surface area contributed by atoms with Gasteiger partial charge in [0.05, 0.1) is 6.10 Å². The van der Waals surface area contributed by atoms with E-state index < -0.39 is 6.10 Å². The van der Waals surface area contributed by atoms with Crippen LogP contribution in [0.15, 0.2) is 66.9 Å². The van der Waals surface area contributed by atoms with Crippen molar-refractivity contribution in [3.8, 4) is 11.5 Å². The first kappa shape index (κ1) is 19.1. The van der Waals surface area contributed by atoms with Gasteiger partial charge in [-0.2, -0.15) is 0 Å². The van der Waals surface area contributed by atoms with Crippen LogP contribution in [-0.4, -0.2) is 20.3 Å². The van der Waals surface area contributed by atoms with Crippen LogP contribution in [0.4, 0.5) is 0 Å². The van der Waals surface area contributed by atoms with Crippen molar-refractivity contribution in [2.75, 3.05) is 0 Å². The van der Waals surface area contributed by atoms with E-state index in [-0.39, 0.29) is 22.8 Å². The molecule has 1 heterocycles. The van der Waals surface area contributed by atoms with Gasteiger partial charge < -0.3 is 20.3 Å². The van der Waals surface area contributed by atoms with Crippen LogP contribution in [0.25, 0.3) is 0 Å². The first-order chi connectivity index (χ1) is 12.9. The zero-order valence-electron chi connectivity index (χ0n) is 15.8. The number of hydrogen-bond acceptors (Lipinski definition) is 3. The van der Waals surface area contributed by atoms with Crippen LogP contribution in [0.2, 0.25) is 0 Å². The molecule has 0 saturated heterocycles. The Bertz CT molecular complexity index is 836. The highest BCUT2D eigenvalue weighted by Crippen LogP contribution is 2.46. The van der Waals surface area contributed by atoms with Gasteiger partial charge >= 0.3 is 0 Å². The number of aliphatic hydroxyl groups is 1. The Labute approximate surface area is 160 Å². The Hall–Kier alpha value is -2.72. The van der Waals surface area contributed by atoms with E-state index in [1.54, 1.807) is 36.4 Å². The molecule has 142 valence electrons. The lowest BCUT2D eigenvalue weighted by Gasteiger charge is -2.37. The molecule has 1 aromatic heterocycles. The number of phenolic OH excluding ortho intramolecular Hbond substituents is 2. The summed E-state index contributed by atoms with van der Waals surface area (Å²) < 4.78 is 0. The molecule has 0 aliphatic heterocycles. The number of aryl methyl sites for hydroxylation is 1. The number of aliphatic hydroxyl groups excluding tert-OH is 1. The summed E-state index contributed by atoms with van der Waals surface area (Å²) >= 11 is 0. The maximum absolute atomic E-state index is 11.2. The lowest BCUT2D eigenvalue weighted by atomic mass is 9.69. The minimum Gasteiger partial charge on any atom is -0.508 e. The van der Waals surface area contributed by atoms with Gasteiger partial charge in [-0.15, -0.1) is 0 Å². The predicted molar refractivity (Wildman–Crippen MR) is 107 cm³/mol. The maximum Gasteiger partial charge on any atom is 0.115 e. The van der Waals surface area contributed by atoms with Crippen LogP contribution in [0.1, 0.15) is 49.1 Å². The summed E-state index contributed by atoms with van der Waals surface area (Å²) in [7, 11) is 0. The zero-order chi connectivity index (χ0) is 19.4. The van der Waals surface area contributed by atoms with Crippen molar-refractivity contribution < 1.29 is 15.3 Å². The molecular weight excluding hydrogens is 338 g/mol. The molecule has 0 aliphatic carbocycles. The second-order valence-corrected chi connectivity index (χ2v) is 7.79. The minimum atomic E-state index is -0.695. The Morgan fingerprint density at radius 3 is 2.04 bits per heavy atom. The number of rotatable bonds is 7. The Morgan fingerprint density at radius 2 is 1.48 bits per heavy atom. The first-order valence-electron chi connectivity index (χ1n) is 9.25. The average molecular weight is 365 g/mol. The van der Waals surface area contributed by atoms with Gasteiger partial charge in [-0.25, -0.2) is 0 Å². The third-order valence-electron chi connectivity index (χ3n) is 5.34. The third kappa shape index (κ3) is 4.52. The van der Waals surface area contributed by atoms with E-state index in [4.69, 9.17) is 0 Å². The summed E-state index contributed by atoms with van der Waals surface area (Å²) in [6, 6.07) is 18.0. The molecule has 0 saturated carbocycles. The Balaban J connectivity index is 1.85. The van der Waals surface area contributed by atoms with Gasteiger partial charge in [0, 0.05) is 17.8 Å². The number of aromatic nitrogens is 1. The third-order valence-corrected chi connectivity index (χ3v) is 5.34. The van der Waals surface area contributed by atoms with Crippen LogP contribution in [0, 0.1) is 5.41 Å². The van der Waals surface area contributed by atoms with Crippen molar-refractivity contribution in [2.45, 2.75) is 38.7 Å². The standard InChI is InChI=1S/C23H27NO3/c1-23(2,14-13-16-5-9-18(25)10-6-16)21(20-4-3-15-24-20)22(27)17-7-11-19(26)12-8-17/h3-12,15,21-22,24-27H,13-14H2,1-2H3. The zero-order valence-corrected chi connectivity index (χ0v) is 15.8. The van der Waals surface area contributed by atoms with Gasteiger partial charge in [0.1, 0.15) is 11.5 Å². The van der Waals surface area contributed by atoms with Crippen molar-refractivity contribution in [3.05, 3.63) is 83.7 Å².